The van der Waals surface area contributed by atoms with Crippen molar-refractivity contribution in [2.75, 3.05) is 0 Å². The van der Waals surface area contributed by atoms with Crippen LogP contribution in [-0.4, -0.2) is 20.3 Å². The Hall–Kier alpha value is -1.03. The normalized spacial score (nSPS) is 28.8. The lowest BCUT2D eigenvalue weighted by atomic mass is 10.0. The lowest BCUT2D eigenvalue weighted by molar-refractivity contribution is 0.125. The van der Waals surface area contributed by atoms with Gasteiger partial charge in [0, 0.05) is 25.0 Å². The van der Waals surface area contributed by atoms with E-state index in [-0.39, 0.29) is 11.8 Å². The van der Waals surface area contributed by atoms with E-state index in [0.717, 1.165) is 45.1 Å². The quantitative estimate of drug-likeness (QED) is 0.862. The van der Waals surface area contributed by atoms with Crippen LogP contribution in [0.2, 0.25) is 0 Å². The molecule has 17 heavy (non-hydrogen) atoms. The smallest absolute Gasteiger partial charge is 0.328 e. The SMILES string of the molecule is O=c1n(CCC2CCCC2O)ccn1C1CC1. The number of rotatable bonds is 4. The molecule has 2 fully saturated rings. The van der Waals surface area contributed by atoms with Gasteiger partial charge in [0.05, 0.1) is 6.10 Å². The number of aliphatic hydroxyl groups is 1. The van der Waals surface area contributed by atoms with E-state index in [1.165, 1.54) is 0 Å². The molecular formula is C13H20N2O2. The Kier molecular flexibility index (Phi) is 2.82. The number of aryl methyl sites for hydroxylation is 1. The number of hydrogen-bond acceptors (Lipinski definition) is 2. The summed E-state index contributed by atoms with van der Waals surface area (Å²) >= 11 is 0. The van der Waals surface area contributed by atoms with Gasteiger partial charge in [-0.2, -0.15) is 0 Å². The third-order valence-corrected chi connectivity index (χ3v) is 4.17. The fraction of sp³-hybridized carbons (Fsp3) is 0.769. The van der Waals surface area contributed by atoms with Crippen molar-refractivity contribution >= 4 is 0 Å². The van der Waals surface area contributed by atoms with Crippen LogP contribution in [0.25, 0.3) is 0 Å². The summed E-state index contributed by atoms with van der Waals surface area (Å²) < 4.78 is 3.65. The summed E-state index contributed by atoms with van der Waals surface area (Å²) in [5, 5.41) is 9.75. The molecular weight excluding hydrogens is 216 g/mol. The van der Waals surface area contributed by atoms with Crippen LogP contribution < -0.4 is 5.69 Å². The molecule has 0 spiro atoms. The van der Waals surface area contributed by atoms with Crippen molar-refractivity contribution in [2.45, 2.75) is 57.2 Å². The number of aliphatic hydroxyl groups excluding tert-OH is 1. The Labute approximate surface area is 101 Å². The van der Waals surface area contributed by atoms with Gasteiger partial charge in [0.1, 0.15) is 0 Å². The molecule has 0 saturated heterocycles. The molecule has 1 heterocycles. The van der Waals surface area contributed by atoms with Gasteiger partial charge >= 0.3 is 5.69 Å². The van der Waals surface area contributed by atoms with Crippen LogP contribution in [0.5, 0.6) is 0 Å². The number of hydrogen-bond donors (Lipinski definition) is 1. The largest absolute Gasteiger partial charge is 0.393 e. The molecule has 2 unspecified atom stereocenters. The summed E-state index contributed by atoms with van der Waals surface area (Å²) in [6.07, 6.45) is 10.0. The van der Waals surface area contributed by atoms with E-state index in [1.54, 1.807) is 4.57 Å². The van der Waals surface area contributed by atoms with Gasteiger partial charge in [-0.25, -0.2) is 4.79 Å². The van der Waals surface area contributed by atoms with Crippen molar-refractivity contribution in [1.82, 2.24) is 9.13 Å². The molecule has 94 valence electrons. The Balaban J connectivity index is 1.63. The minimum atomic E-state index is -0.142. The zero-order valence-corrected chi connectivity index (χ0v) is 10.1. The summed E-state index contributed by atoms with van der Waals surface area (Å²) in [5.41, 5.74) is 0.125. The molecule has 0 aromatic carbocycles. The van der Waals surface area contributed by atoms with E-state index in [2.05, 4.69) is 0 Å². The highest BCUT2D eigenvalue weighted by atomic mass is 16.3. The molecule has 3 rings (SSSR count). The maximum atomic E-state index is 12.0. The van der Waals surface area contributed by atoms with Crippen LogP contribution in [0, 0.1) is 5.92 Å². The van der Waals surface area contributed by atoms with Gasteiger partial charge in [-0.1, -0.05) is 6.42 Å². The topological polar surface area (TPSA) is 47.2 Å². The molecule has 0 aliphatic heterocycles. The molecule has 2 aliphatic rings. The molecule has 0 amide bonds. The van der Waals surface area contributed by atoms with Crippen molar-refractivity contribution in [1.29, 1.82) is 0 Å². The van der Waals surface area contributed by atoms with Crippen LogP contribution >= 0.6 is 0 Å². The summed E-state index contributed by atoms with van der Waals surface area (Å²) in [5.74, 6) is 0.395. The van der Waals surface area contributed by atoms with Crippen molar-refractivity contribution in [2.24, 2.45) is 5.92 Å². The monoisotopic (exact) mass is 236 g/mol. The minimum absolute atomic E-state index is 0.125. The fourth-order valence-corrected chi connectivity index (χ4v) is 2.89. The summed E-state index contributed by atoms with van der Waals surface area (Å²) in [4.78, 5) is 12.0. The maximum Gasteiger partial charge on any atom is 0.328 e. The van der Waals surface area contributed by atoms with E-state index in [1.807, 2.05) is 17.0 Å². The predicted octanol–water partition coefficient (Wildman–Crippen LogP) is 1.54. The Morgan fingerprint density at radius 1 is 1.24 bits per heavy atom. The molecule has 4 heteroatoms. The second-order valence-corrected chi connectivity index (χ2v) is 5.46. The highest BCUT2D eigenvalue weighted by Crippen LogP contribution is 2.33. The van der Waals surface area contributed by atoms with Crippen molar-refractivity contribution in [3.63, 3.8) is 0 Å². The van der Waals surface area contributed by atoms with Crippen LogP contribution in [0.3, 0.4) is 0 Å². The first-order chi connectivity index (χ1) is 8.25. The van der Waals surface area contributed by atoms with Gasteiger partial charge in [-0.3, -0.25) is 9.13 Å². The Morgan fingerprint density at radius 3 is 2.71 bits per heavy atom. The lowest BCUT2D eigenvalue weighted by Gasteiger charge is -2.13. The standard InChI is InChI=1S/C13H20N2O2/c16-12-3-1-2-10(12)6-7-14-8-9-15(13(14)17)11-4-5-11/h8-12,16H,1-7H2. The van der Waals surface area contributed by atoms with Gasteiger partial charge in [-0.05, 0) is 38.0 Å². The zero-order chi connectivity index (χ0) is 11.8. The first-order valence-corrected chi connectivity index (χ1v) is 6.71. The highest BCUT2D eigenvalue weighted by molar-refractivity contribution is 4.91. The van der Waals surface area contributed by atoms with E-state index in [4.69, 9.17) is 0 Å². The van der Waals surface area contributed by atoms with Gasteiger partial charge in [0.15, 0.2) is 0 Å². The van der Waals surface area contributed by atoms with Gasteiger partial charge < -0.3 is 5.11 Å². The molecule has 1 aromatic rings. The van der Waals surface area contributed by atoms with E-state index in [0.29, 0.717) is 12.0 Å². The second-order valence-electron chi connectivity index (χ2n) is 5.46. The fourth-order valence-electron chi connectivity index (χ4n) is 2.89. The predicted molar refractivity (Wildman–Crippen MR) is 64.9 cm³/mol. The summed E-state index contributed by atoms with van der Waals surface area (Å²) in [6, 6.07) is 0.459. The van der Waals surface area contributed by atoms with Crippen molar-refractivity contribution in [3.8, 4) is 0 Å². The van der Waals surface area contributed by atoms with E-state index >= 15 is 0 Å². The minimum Gasteiger partial charge on any atom is -0.393 e. The molecule has 0 radical (unpaired) electrons. The Morgan fingerprint density at radius 2 is 2.06 bits per heavy atom. The molecule has 2 atom stereocenters. The molecule has 0 bridgehead atoms. The first-order valence-electron chi connectivity index (χ1n) is 6.71. The van der Waals surface area contributed by atoms with Crippen LogP contribution in [-0.2, 0) is 6.54 Å². The zero-order valence-electron chi connectivity index (χ0n) is 10.1. The number of nitrogens with zero attached hydrogens (tertiary/aromatic N) is 2. The number of aromatic nitrogens is 2. The third kappa shape index (κ3) is 2.18. The molecule has 1 aromatic heterocycles. The van der Waals surface area contributed by atoms with Crippen molar-refractivity contribution < 1.29 is 5.11 Å². The summed E-state index contributed by atoms with van der Waals surface area (Å²) in [7, 11) is 0. The molecule has 1 N–H and O–H groups in total. The molecule has 2 saturated carbocycles. The first kappa shape index (κ1) is 11.1. The highest BCUT2D eigenvalue weighted by Gasteiger charge is 2.27. The molecule has 4 nitrogen and oxygen atoms in total. The molecule has 2 aliphatic carbocycles. The van der Waals surface area contributed by atoms with Gasteiger partial charge in [0.25, 0.3) is 0 Å². The Bertz CT molecular complexity index is 445. The summed E-state index contributed by atoms with van der Waals surface area (Å²) in [6.45, 7) is 0.750. The van der Waals surface area contributed by atoms with Gasteiger partial charge in [-0.15, -0.1) is 0 Å². The maximum absolute atomic E-state index is 12.0. The van der Waals surface area contributed by atoms with Crippen molar-refractivity contribution in [3.05, 3.63) is 22.9 Å². The average molecular weight is 236 g/mol. The van der Waals surface area contributed by atoms with Crippen LogP contribution in [0.1, 0.15) is 44.6 Å². The van der Waals surface area contributed by atoms with Crippen LogP contribution in [0.4, 0.5) is 0 Å². The van der Waals surface area contributed by atoms with E-state index < -0.39 is 0 Å². The van der Waals surface area contributed by atoms with Crippen LogP contribution in [0.15, 0.2) is 17.2 Å². The third-order valence-electron chi connectivity index (χ3n) is 4.17. The second kappa shape index (κ2) is 4.33. The van der Waals surface area contributed by atoms with E-state index in [9.17, 15) is 9.90 Å². The lowest BCUT2D eigenvalue weighted by Crippen LogP contribution is -2.25. The van der Waals surface area contributed by atoms with Gasteiger partial charge in [0.2, 0.25) is 0 Å². The average Bonchev–Trinajstić information content (AvgIpc) is 2.98. The number of imidazole rings is 1.